The predicted octanol–water partition coefficient (Wildman–Crippen LogP) is 14.3. The van der Waals surface area contributed by atoms with Crippen molar-refractivity contribution in [1.82, 2.24) is 0 Å². The van der Waals surface area contributed by atoms with Crippen molar-refractivity contribution in [2.75, 3.05) is 19.5 Å². The third-order valence-corrected chi connectivity index (χ3v) is 10.7. The highest BCUT2D eigenvalue weighted by Crippen LogP contribution is 2.49. The number of allylic oxidation sites excluding steroid dienone is 14. The predicted molar refractivity (Wildman–Crippen MR) is 274 cm³/mol. The summed E-state index contributed by atoms with van der Waals surface area (Å²) in [5, 5.41) is 5.63. The molecule has 0 saturated heterocycles. The summed E-state index contributed by atoms with van der Waals surface area (Å²) in [4.78, 5) is 0. The first-order valence-corrected chi connectivity index (χ1v) is 21.9. The smallest absolute Gasteiger partial charge is 0.119 e. The lowest BCUT2D eigenvalue weighted by Crippen LogP contribution is -2.27. The summed E-state index contributed by atoms with van der Waals surface area (Å²) in [5.41, 5.74) is 18.3. The van der Waals surface area contributed by atoms with E-state index in [4.69, 9.17) is 15.2 Å². The van der Waals surface area contributed by atoms with Crippen LogP contribution in [0.1, 0.15) is 103 Å². The number of hydrogen-bond acceptors (Lipinski definition) is 4. The second kappa shape index (κ2) is 25.5. The minimum Gasteiger partial charge on any atom is -0.497 e. The summed E-state index contributed by atoms with van der Waals surface area (Å²) >= 11 is 0. The molecule has 4 aromatic carbocycles. The Balaban J connectivity index is 0.000000249. The molecular formula is C58H72N2O2. The standard InChI is InChI=1S/C24H27N.C16H19NO.C16H20O.C2H6/c1-17-15-21-20-13-9-10-14-22(20)24(3,4)23(21)16-19(17)12-8-6-5-7-11-18(2)25;1-12(2)13-4-6-14(7-5-13)17-15-8-10-16(18-3)11-9-15;1-5-6-15(13(2)3)10-7-14-8-11-16(17-4)12-9-14;1-2/h5-9,11-13,15-16H,1,10,14,25H2,2-4H3;4-12,17H,1-3H3;5-13H,1H2,2-4H3;1-2H3/b7-5-,8-6+,18-11-,19-12-;;10-7-,15-6+;. The van der Waals surface area contributed by atoms with Crippen molar-refractivity contribution >= 4 is 35.7 Å². The van der Waals surface area contributed by atoms with Crippen LogP contribution in [-0.2, 0) is 5.41 Å². The summed E-state index contributed by atoms with van der Waals surface area (Å²) in [6, 6.07) is 29.1. The van der Waals surface area contributed by atoms with Crippen LogP contribution in [0.3, 0.4) is 0 Å². The SMILES string of the molecule is C=C/C=C(\C=C/c1ccc(OC)cc1)C(C)C.C=c1cc2c(c/c1=C/C=C/C=C\C=C(\C)N)C(C)(C)C1=C2C=CCC1.CC.COc1ccc(Nc2ccc(C(C)C)cc2)cc1. The highest BCUT2D eigenvalue weighted by molar-refractivity contribution is 5.86. The van der Waals surface area contributed by atoms with Crippen LogP contribution in [0.15, 0.2) is 169 Å². The van der Waals surface area contributed by atoms with Crippen LogP contribution in [0, 0.1) is 5.92 Å². The van der Waals surface area contributed by atoms with Crippen molar-refractivity contribution in [1.29, 1.82) is 0 Å². The number of ether oxygens (including phenoxy) is 2. The fourth-order valence-electron chi connectivity index (χ4n) is 7.06. The molecule has 4 nitrogen and oxygen atoms in total. The van der Waals surface area contributed by atoms with Crippen LogP contribution in [0.5, 0.6) is 11.5 Å². The van der Waals surface area contributed by atoms with Gasteiger partial charge < -0.3 is 20.5 Å². The Morgan fingerprint density at radius 2 is 1.37 bits per heavy atom. The molecule has 4 aromatic rings. The number of fused-ring (bicyclic) bond motifs is 2. The third kappa shape index (κ3) is 15.0. The van der Waals surface area contributed by atoms with E-state index in [-0.39, 0.29) is 5.41 Å². The zero-order valence-corrected chi connectivity index (χ0v) is 39.4. The molecule has 0 aromatic heterocycles. The van der Waals surface area contributed by atoms with Crippen LogP contribution in [0.4, 0.5) is 11.4 Å². The Labute approximate surface area is 374 Å². The van der Waals surface area contributed by atoms with Gasteiger partial charge in [0.25, 0.3) is 0 Å². The van der Waals surface area contributed by atoms with E-state index in [0.29, 0.717) is 11.8 Å². The molecule has 0 fully saturated rings. The van der Waals surface area contributed by atoms with Gasteiger partial charge in [0, 0.05) is 22.5 Å². The lowest BCUT2D eigenvalue weighted by Gasteiger charge is -2.25. The monoisotopic (exact) mass is 829 g/mol. The fourth-order valence-corrected chi connectivity index (χ4v) is 7.06. The van der Waals surface area contributed by atoms with Crippen LogP contribution >= 0.6 is 0 Å². The van der Waals surface area contributed by atoms with E-state index in [1.807, 2.05) is 106 Å². The minimum absolute atomic E-state index is 0.110. The highest BCUT2D eigenvalue weighted by Gasteiger charge is 2.37. The first-order chi connectivity index (χ1) is 29.8. The average molecular weight is 829 g/mol. The molecule has 2 aliphatic rings. The van der Waals surface area contributed by atoms with Crippen LogP contribution in [0.2, 0.25) is 0 Å². The van der Waals surface area contributed by atoms with Crippen molar-refractivity contribution in [3.05, 3.63) is 202 Å². The number of nitrogens with one attached hydrogen (secondary N) is 1. The van der Waals surface area contributed by atoms with Crippen molar-refractivity contribution in [2.24, 2.45) is 11.7 Å². The minimum atomic E-state index is 0.110. The molecule has 62 heavy (non-hydrogen) atoms. The number of rotatable bonds is 12. The van der Waals surface area contributed by atoms with Gasteiger partial charge in [-0.15, -0.1) is 0 Å². The Kier molecular flexibility index (Phi) is 20.6. The molecular weight excluding hydrogens is 757 g/mol. The maximum absolute atomic E-state index is 5.61. The van der Waals surface area contributed by atoms with Gasteiger partial charge in [0.05, 0.1) is 14.2 Å². The Hall–Kier alpha value is -6.26. The molecule has 6 rings (SSSR count). The lowest BCUT2D eigenvalue weighted by molar-refractivity contribution is 0.414. The topological polar surface area (TPSA) is 56.5 Å². The van der Waals surface area contributed by atoms with Gasteiger partial charge in [-0.2, -0.15) is 0 Å². The lowest BCUT2D eigenvalue weighted by atomic mass is 9.78. The number of benzene rings is 4. The number of nitrogens with two attached hydrogens (primary N) is 1. The Morgan fingerprint density at radius 3 is 1.92 bits per heavy atom. The van der Waals surface area contributed by atoms with E-state index in [1.54, 1.807) is 19.8 Å². The zero-order chi connectivity index (χ0) is 45.7. The van der Waals surface area contributed by atoms with Crippen molar-refractivity contribution in [3.63, 3.8) is 0 Å². The number of hydrogen-bond donors (Lipinski definition) is 2. The molecule has 0 aliphatic heterocycles. The van der Waals surface area contributed by atoms with Crippen LogP contribution in [-0.4, -0.2) is 14.2 Å². The van der Waals surface area contributed by atoms with Gasteiger partial charge in [-0.25, -0.2) is 0 Å². The van der Waals surface area contributed by atoms with Gasteiger partial charge in [-0.05, 0) is 142 Å². The van der Waals surface area contributed by atoms with Gasteiger partial charge in [-0.3, -0.25) is 0 Å². The first-order valence-electron chi connectivity index (χ1n) is 21.9. The summed E-state index contributed by atoms with van der Waals surface area (Å²) in [5.74, 6) is 2.83. The second-order valence-electron chi connectivity index (χ2n) is 16.2. The van der Waals surface area contributed by atoms with Crippen molar-refractivity contribution < 1.29 is 9.47 Å². The molecule has 3 N–H and O–H groups in total. The van der Waals surface area contributed by atoms with Crippen LogP contribution < -0.4 is 31.0 Å². The quantitative estimate of drug-likeness (QED) is 0.140. The summed E-state index contributed by atoms with van der Waals surface area (Å²) in [6.45, 7) is 27.3. The van der Waals surface area contributed by atoms with E-state index in [2.05, 4.69) is 133 Å². The van der Waals surface area contributed by atoms with E-state index in [1.165, 1.54) is 38.6 Å². The molecule has 4 heteroatoms. The number of methoxy groups -OCH3 is 2. The van der Waals surface area contributed by atoms with Crippen molar-refractivity contribution in [2.45, 2.75) is 86.5 Å². The van der Waals surface area contributed by atoms with Gasteiger partial charge in [0.15, 0.2) is 0 Å². The summed E-state index contributed by atoms with van der Waals surface area (Å²) in [7, 11) is 3.35. The average Bonchev–Trinajstić information content (AvgIpc) is 3.49. The normalized spacial score (nSPS) is 14.5. The highest BCUT2D eigenvalue weighted by atomic mass is 16.5. The molecule has 0 heterocycles. The molecule has 0 unspecified atom stereocenters. The molecule has 0 bridgehead atoms. The number of anilines is 2. The van der Waals surface area contributed by atoms with Gasteiger partial charge in [0.2, 0.25) is 0 Å². The Morgan fingerprint density at radius 1 is 0.790 bits per heavy atom. The van der Waals surface area contributed by atoms with Crippen LogP contribution in [0.25, 0.3) is 24.3 Å². The molecule has 2 aliphatic carbocycles. The maximum atomic E-state index is 5.61. The summed E-state index contributed by atoms with van der Waals surface area (Å²) in [6.07, 6.45) is 27.0. The Bertz CT molecular complexity index is 2360. The van der Waals surface area contributed by atoms with Gasteiger partial charge >= 0.3 is 0 Å². The third-order valence-electron chi connectivity index (χ3n) is 10.7. The fraction of sp³-hybridized carbons (Fsp3) is 0.276. The van der Waals surface area contributed by atoms with E-state index >= 15 is 0 Å². The van der Waals surface area contributed by atoms with E-state index in [0.717, 1.165) is 46.6 Å². The molecule has 0 atom stereocenters. The molecule has 0 radical (unpaired) electrons. The molecule has 0 saturated carbocycles. The largest absolute Gasteiger partial charge is 0.497 e. The summed E-state index contributed by atoms with van der Waals surface area (Å²) < 4.78 is 10.3. The molecule has 0 amide bonds. The van der Waals surface area contributed by atoms with E-state index in [9.17, 15) is 0 Å². The molecule has 326 valence electrons. The van der Waals surface area contributed by atoms with Crippen molar-refractivity contribution in [3.8, 4) is 11.5 Å². The maximum Gasteiger partial charge on any atom is 0.119 e. The first kappa shape index (κ1) is 50.1. The second-order valence-corrected chi connectivity index (χ2v) is 16.2. The van der Waals surface area contributed by atoms with Gasteiger partial charge in [-0.1, -0.05) is 165 Å². The molecule has 0 spiro atoms. The van der Waals surface area contributed by atoms with Gasteiger partial charge in [0.1, 0.15) is 11.5 Å². The van der Waals surface area contributed by atoms with E-state index < -0.39 is 0 Å². The zero-order valence-electron chi connectivity index (χ0n) is 39.4.